The van der Waals surface area contributed by atoms with Crippen molar-refractivity contribution in [3.63, 3.8) is 0 Å². The molecule has 0 atom stereocenters. The molecular weight excluding hydrogens is 347 g/mol. The average Bonchev–Trinajstić information content (AvgIpc) is 3.13. The Balaban J connectivity index is 1.80. The number of nitrogens with zero attached hydrogens (tertiary/aromatic N) is 3. The normalized spacial score (nSPS) is 11.2. The molecule has 0 bridgehead atoms. The van der Waals surface area contributed by atoms with Gasteiger partial charge in [-0.3, -0.25) is 4.79 Å². The number of rotatable bonds is 4. The van der Waals surface area contributed by atoms with E-state index in [4.69, 9.17) is 16.0 Å². The van der Waals surface area contributed by atoms with Crippen LogP contribution in [0.1, 0.15) is 27.4 Å². The largest absolute Gasteiger partial charge is 0.469 e. The number of halogens is 2. The molecule has 2 heterocycles. The number of hydrogen-bond donors (Lipinski definition) is 1. The van der Waals surface area contributed by atoms with Gasteiger partial charge in [0.15, 0.2) is 0 Å². The lowest BCUT2D eigenvalue weighted by Crippen LogP contribution is -2.17. The van der Waals surface area contributed by atoms with Crippen molar-refractivity contribution >= 4 is 23.7 Å². The van der Waals surface area contributed by atoms with E-state index in [1.54, 1.807) is 32.0 Å². The van der Waals surface area contributed by atoms with E-state index in [9.17, 15) is 9.18 Å². The number of hydrazone groups is 1. The van der Waals surface area contributed by atoms with Gasteiger partial charge in [-0.05, 0) is 44.2 Å². The van der Waals surface area contributed by atoms with Crippen LogP contribution in [0.4, 0.5) is 4.39 Å². The summed E-state index contributed by atoms with van der Waals surface area (Å²) in [6.45, 7) is 3.45. The topological polar surface area (TPSA) is 72.4 Å². The van der Waals surface area contributed by atoms with Gasteiger partial charge in [0, 0.05) is 0 Å². The van der Waals surface area contributed by atoms with E-state index in [-0.39, 0.29) is 11.7 Å². The number of carbonyl (C=O) groups excluding carboxylic acids is 1. The number of aromatic nitrogens is 2. The first kappa shape index (κ1) is 16.9. The fourth-order valence-electron chi connectivity index (χ4n) is 2.25. The lowest BCUT2D eigenvalue weighted by Gasteiger charge is -2.02. The van der Waals surface area contributed by atoms with Crippen LogP contribution in [-0.2, 0) is 0 Å². The van der Waals surface area contributed by atoms with Crippen molar-refractivity contribution in [3.05, 3.63) is 70.1 Å². The highest BCUT2D eigenvalue weighted by molar-refractivity contribution is 6.32. The van der Waals surface area contributed by atoms with E-state index >= 15 is 0 Å². The Hall–Kier alpha value is -2.93. The molecule has 3 aromatic rings. The lowest BCUT2D eigenvalue weighted by molar-refractivity contribution is 0.0953. The molecule has 0 aliphatic carbocycles. The lowest BCUT2D eigenvalue weighted by atomic mass is 10.2. The van der Waals surface area contributed by atoms with E-state index in [2.05, 4.69) is 15.6 Å². The average molecular weight is 361 g/mol. The molecule has 0 fully saturated rings. The standard InChI is InChI=1S/C17H14ClFN4O2/c1-10-15(9-20-21-17(24)14-7-8-25-11(14)2)16(18)23(22-10)13-5-3-12(19)4-6-13/h3-9H,1-2H3,(H,21,24)/b20-9+. The molecule has 1 N–H and O–H groups in total. The van der Waals surface area contributed by atoms with Gasteiger partial charge in [-0.25, -0.2) is 14.5 Å². The molecule has 0 radical (unpaired) electrons. The molecule has 0 unspecified atom stereocenters. The molecule has 0 saturated carbocycles. The molecule has 0 aliphatic heterocycles. The molecule has 8 heteroatoms. The summed E-state index contributed by atoms with van der Waals surface area (Å²) in [4.78, 5) is 12.0. The van der Waals surface area contributed by atoms with E-state index in [1.165, 1.54) is 29.3 Å². The van der Waals surface area contributed by atoms with Gasteiger partial charge in [-0.2, -0.15) is 10.2 Å². The second-order valence-corrected chi connectivity index (χ2v) is 5.63. The second-order valence-electron chi connectivity index (χ2n) is 5.27. The molecule has 6 nitrogen and oxygen atoms in total. The highest BCUT2D eigenvalue weighted by atomic mass is 35.5. The zero-order chi connectivity index (χ0) is 18.0. The Morgan fingerprint density at radius 1 is 1.32 bits per heavy atom. The third-order valence-electron chi connectivity index (χ3n) is 3.58. The van der Waals surface area contributed by atoms with Gasteiger partial charge in [0.25, 0.3) is 5.91 Å². The van der Waals surface area contributed by atoms with Gasteiger partial charge < -0.3 is 4.42 Å². The Morgan fingerprint density at radius 2 is 2.04 bits per heavy atom. The van der Waals surface area contributed by atoms with Crippen LogP contribution in [0.5, 0.6) is 0 Å². The third-order valence-corrected chi connectivity index (χ3v) is 3.95. The smallest absolute Gasteiger partial charge is 0.274 e. The summed E-state index contributed by atoms with van der Waals surface area (Å²) in [5, 5.41) is 8.54. The van der Waals surface area contributed by atoms with Crippen LogP contribution < -0.4 is 5.43 Å². The molecule has 0 saturated heterocycles. The summed E-state index contributed by atoms with van der Waals surface area (Å²) in [6, 6.07) is 7.34. The summed E-state index contributed by atoms with van der Waals surface area (Å²) >= 11 is 6.33. The van der Waals surface area contributed by atoms with Crippen molar-refractivity contribution in [2.75, 3.05) is 0 Å². The fraction of sp³-hybridized carbons (Fsp3) is 0.118. The minimum Gasteiger partial charge on any atom is -0.469 e. The van der Waals surface area contributed by atoms with Gasteiger partial charge in [0.2, 0.25) is 0 Å². The monoisotopic (exact) mass is 360 g/mol. The van der Waals surface area contributed by atoms with E-state index in [1.807, 2.05) is 0 Å². The number of hydrogen-bond acceptors (Lipinski definition) is 4. The van der Waals surface area contributed by atoms with E-state index in [0.29, 0.717) is 33.4 Å². The van der Waals surface area contributed by atoms with Gasteiger partial charge >= 0.3 is 0 Å². The number of nitrogens with one attached hydrogen (secondary N) is 1. The van der Waals surface area contributed by atoms with Crippen molar-refractivity contribution in [1.82, 2.24) is 15.2 Å². The second kappa shape index (κ2) is 6.90. The van der Waals surface area contributed by atoms with Crippen molar-refractivity contribution in [3.8, 4) is 5.69 Å². The molecule has 0 aliphatic rings. The Labute approximate surface area is 147 Å². The van der Waals surface area contributed by atoms with Crippen LogP contribution in [0.15, 0.2) is 46.1 Å². The van der Waals surface area contributed by atoms with Gasteiger partial charge in [0.1, 0.15) is 16.7 Å². The Bertz CT molecular complexity index is 944. The zero-order valence-electron chi connectivity index (χ0n) is 13.5. The zero-order valence-corrected chi connectivity index (χ0v) is 14.2. The van der Waals surface area contributed by atoms with Crippen LogP contribution >= 0.6 is 11.6 Å². The van der Waals surface area contributed by atoms with E-state index < -0.39 is 0 Å². The van der Waals surface area contributed by atoms with Crippen molar-refractivity contribution in [2.45, 2.75) is 13.8 Å². The van der Waals surface area contributed by atoms with Crippen LogP contribution in [0.25, 0.3) is 5.69 Å². The SMILES string of the molecule is Cc1nn(-c2ccc(F)cc2)c(Cl)c1/C=N/NC(=O)c1ccoc1C. The van der Waals surface area contributed by atoms with Crippen molar-refractivity contribution in [2.24, 2.45) is 5.10 Å². The molecule has 1 amide bonds. The van der Waals surface area contributed by atoms with Crippen LogP contribution in [0.2, 0.25) is 5.15 Å². The van der Waals surface area contributed by atoms with Crippen LogP contribution in [0, 0.1) is 19.7 Å². The van der Waals surface area contributed by atoms with Gasteiger partial charge in [-0.1, -0.05) is 11.6 Å². The first-order chi connectivity index (χ1) is 12.0. The van der Waals surface area contributed by atoms with Crippen molar-refractivity contribution in [1.29, 1.82) is 0 Å². The number of benzene rings is 1. The van der Waals surface area contributed by atoms with E-state index in [0.717, 1.165) is 0 Å². The third kappa shape index (κ3) is 3.46. The molecule has 3 rings (SSSR count). The van der Waals surface area contributed by atoms with Gasteiger partial charge in [-0.15, -0.1) is 0 Å². The summed E-state index contributed by atoms with van der Waals surface area (Å²) < 4.78 is 19.6. The molecule has 128 valence electrons. The highest BCUT2D eigenvalue weighted by Gasteiger charge is 2.14. The minimum absolute atomic E-state index is 0.307. The predicted octanol–water partition coefficient (Wildman–Crippen LogP) is 3.64. The Morgan fingerprint density at radius 3 is 2.68 bits per heavy atom. The molecule has 1 aromatic carbocycles. The van der Waals surface area contributed by atoms with Crippen LogP contribution in [-0.4, -0.2) is 21.9 Å². The summed E-state index contributed by atoms with van der Waals surface area (Å²) in [6.07, 6.45) is 2.85. The molecule has 2 aromatic heterocycles. The Kier molecular flexibility index (Phi) is 4.67. The molecular formula is C17H14ClFN4O2. The molecule has 0 spiro atoms. The number of aryl methyl sites for hydroxylation is 2. The maximum atomic E-state index is 13.0. The minimum atomic E-state index is -0.387. The number of amides is 1. The first-order valence-electron chi connectivity index (χ1n) is 7.36. The van der Waals surface area contributed by atoms with Crippen molar-refractivity contribution < 1.29 is 13.6 Å². The quantitative estimate of drug-likeness (QED) is 0.570. The highest BCUT2D eigenvalue weighted by Crippen LogP contribution is 2.22. The summed E-state index contributed by atoms with van der Waals surface area (Å²) in [5.74, 6) is -0.226. The van der Waals surface area contributed by atoms with Crippen LogP contribution in [0.3, 0.4) is 0 Å². The summed E-state index contributed by atoms with van der Waals surface area (Å²) in [7, 11) is 0. The number of furan rings is 1. The maximum Gasteiger partial charge on any atom is 0.274 e. The van der Waals surface area contributed by atoms with Gasteiger partial charge in [0.05, 0.1) is 35.0 Å². The maximum absolute atomic E-state index is 13.0. The molecule has 25 heavy (non-hydrogen) atoms. The summed E-state index contributed by atoms with van der Waals surface area (Å²) in [5.41, 5.74) is 4.60. The predicted molar refractivity (Wildman–Crippen MR) is 91.8 cm³/mol. The number of carbonyl (C=O) groups is 1. The first-order valence-corrected chi connectivity index (χ1v) is 7.73. The fourth-order valence-corrected chi connectivity index (χ4v) is 2.57.